The third-order valence-corrected chi connectivity index (χ3v) is 4.22. The first kappa shape index (κ1) is 13.2. The van der Waals surface area contributed by atoms with Crippen LogP contribution in [0.2, 0.25) is 0 Å². The molecule has 0 saturated carbocycles. The van der Waals surface area contributed by atoms with E-state index in [1.165, 1.54) is 0 Å². The molecule has 3 rings (SSSR count). The fourth-order valence-electron chi connectivity index (χ4n) is 2.76. The van der Waals surface area contributed by atoms with Crippen molar-refractivity contribution in [3.05, 3.63) is 23.8 Å². The normalized spacial score (nSPS) is 26.2. The fourth-order valence-corrected chi connectivity index (χ4v) is 2.76. The van der Waals surface area contributed by atoms with Gasteiger partial charge in [-0.3, -0.25) is 9.69 Å². The van der Waals surface area contributed by atoms with Gasteiger partial charge in [0.15, 0.2) is 11.5 Å². The van der Waals surface area contributed by atoms with Gasteiger partial charge in [-0.05, 0) is 38.1 Å². The standard InChI is InChI=1S/C15H20N2O3/c1-15(14(18)16-5-6-17(15)2)10-11-3-4-12-13(9-11)20-8-7-19-12/h3-4,9H,5-8,10H2,1-2H3,(H,16,18). The molecule has 1 N–H and O–H groups in total. The highest BCUT2D eigenvalue weighted by atomic mass is 16.6. The largest absolute Gasteiger partial charge is 0.486 e. The average Bonchev–Trinajstić information content (AvgIpc) is 2.45. The van der Waals surface area contributed by atoms with Crippen LogP contribution in [0.4, 0.5) is 0 Å². The number of likely N-dealkylation sites (N-methyl/N-ethyl adjacent to an activating group) is 1. The number of carbonyl (C=O) groups excluding carboxylic acids is 1. The van der Waals surface area contributed by atoms with Gasteiger partial charge in [-0.1, -0.05) is 6.07 Å². The van der Waals surface area contributed by atoms with Crippen LogP contribution in [0, 0.1) is 0 Å². The van der Waals surface area contributed by atoms with Gasteiger partial charge in [0.25, 0.3) is 0 Å². The van der Waals surface area contributed by atoms with E-state index >= 15 is 0 Å². The number of nitrogens with one attached hydrogen (secondary N) is 1. The van der Waals surface area contributed by atoms with E-state index in [1.807, 2.05) is 32.2 Å². The van der Waals surface area contributed by atoms with Crippen molar-refractivity contribution in [3.8, 4) is 11.5 Å². The molecule has 0 aromatic heterocycles. The molecule has 0 spiro atoms. The van der Waals surface area contributed by atoms with E-state index in [0.29, 0.717) is 26.2 Å². The Balaban J connectivity index is 1.84. The number of hydrogen-bond donors (Lipinski definition) is 1. The molecule has 1 aromatic rings. The summed E-state index contributed by atoms with van der Waals surface area (Å²) in [7, 11) is 2.00. The first-order valence-corrected chi connectivity index (χ1v) is 6.98. The lowest BCUT2D eigenvalue weighted by atomic mass is 9.88. The first-order valence-electron chi connectivity index (χ1n) is 6.98. The molecule has 1 saturated heterocycles. The molecule has 1 aromatic carbocycles. The Morgan fingerprint density at radius 1 is 1.30 bits per heavy atom. The monoisotopic (exact) mass is 276 g/mol. The fraction of sp³-hybridized carbons (Fsp3) is 0.533. The van der Waals surface area contributed by atoms with E-state index in [2.05, 4.69) is 10.2 Å². The zero-order chi connectivity index (χ0) is 14.2. The van der Waals surface area contributed by atoms with Crippen molar-refractivity contribution in [1.29, 1.82) is 0 Å². The third-order valence-electron chi connectivity index (χ3n) is 4.22. The van der Waals surface area contributed by atoms with E-state index in [9.17, 15) is 4.79 Å². The summed E-state index contributed by atoms with van der Waals surface area (Å²) in [4.78, 5) is 14.3. The van der Waals surface area contributed by atoms with E-state index in [0.717, 1.165) is 23.6 Å². The maximum absolute atomic E-state index is 12.2. The minimum absolute atomic E-state index is 0.0844. The number of hydrogen-bond acceptors (Lipinski definition) is 4. The molecule has 1 amide bonds. The second-order valence-corrected chi connectivity index (χ2v) is 5.61. The van der Waals surface area contributed by atoms with Crippen molar-refractivity contribution in [2.24, 2.45) is 0 Å². The van der Waals surface area contributed by atoms with E-state index in [4.69, 9.17) is 9.47 Å². The molecule has 2 heterocycles. The minimum Gasteiger partial charge on any atom is -0.486 e. The zero-order valence-electron chi connectivity index (χ0n) is 11.9. The molecule has 2 aliphatic heterocycles. The highest BCUT2D eigenvalue weighted by molar-refractivity contribution is 5.87. The van der Waals surface area contributed by atoms with Crippen LogP contribution >= 0.6 is 0 Å². The quantitative estimate of drug-likeness (QED) is 0.869. The first-order chi connectivity index (χ1) is 9.59. The smallest absolute Gasteiger partial charge is 0.240 e. The van der Waals surface area contributed by atoms with Crippen LogP contribution in [0.25, 0.3) is 0 Å². The Morgan fingerprint density at radius 3 is 2.80 bits per heavy atom. The summed E-state index contributed by atoms with van der Waals surface area (Å²) >= 11 is 0. The van der Waals surface area contributed by atoms with Gasteiger partial charge < -0.3 is 14.8 Å². The third kappa shape index (κ3) is 2.22. The van der Waals surface area contributed by atoms with Gasteiger partial charge in [-0.15, -0.1) is 0 Å². The van der Waals surface area contributed by atoms with Crippen molar-refractivity contribution in [2.45, 2.75) is 18.9 Å². The summed E-state index contributed by atoms with van der Waals surface area (Å²) in [6, 6.07) is 5.91. The average molecular weight is 276 g/mol. The molecule has 1 unspecified atom stereocenters. The molecule has 5 nitrogen and oxygen atoms in total. The summed E-state index contributed by atoms with van der Waals surface area (Å²) in [5.74, 6) is 1.64. The van der Waals surface area contributed by atoms with Crippen molar-refractivity contribution in [2.75, 3.05) is 33.4 Å². The minimum atomic E-state index is -0.512. The van der Waals surface area contributed by atoms with Gasteiger partial charge in [0.1, 0.15) is 18.8 Å². The summed E-state index contributed by atoms with van der Waals surface area (Å²) in [5, 5.41) is 2.95. The molecule has 0 aliphatic carbocycles. The number of rotatable bonds is 2. The van der Waals surface area contributed by atoms with Crippen LogP contribution in [-0.2, 0) is 11.2 Å². The van der Waals surface area contributed by atoms with Gasteiger partial charge >= 0.3 is 0 Å². The molecular weight excluding hydrogens is 256 g/mol. The van der Waals surface area contributed by atoms with Crippen LogP contribution in [-0.4, -0.2) is 49.7 Å². The lowest BCUT2D eigenvalue weighted by Crippen LogP contribution is -2.62. The molecule has 1 atom stereocenters. The molecule has 0 bridgehead atoms. The van der Waals surface area contributed by atoms with E-state index in [1.54, 1.807) is 0 Å². The van der Waals surface area contributed by atoms with Crippen LogP contribution in [0.5, 0.6) is 11.5 Å². The Hall–Kier alpha value is -1.75. The highest BCUT2D eigenvalue weighted by Crippen LogP contribution is 2.32. The number of benzene rings is 1. The molecule has 108 valence electrons. The summed E-state index contributed by atoms with van der Waals surface area (Å²) in [5.41, 5.74) is 0.572. The maximum Gasteiger partial charge on any atom is 0.240 e. The Bertz CT molecular complexity index is 532. The number of amides is 1. The second kappa shape index (κ2) is 4.98. The van der Waals surface area contributed by atoms with Gasteiger partial charge in [-0.2, -0.15) is 0 Å². The molecular formula is C15H20N2O3. The second-order valence-electron chi connectivity index (χ2n) is 5.61. The van der Waals surface area contributed by atoms with Gasteiger partial charge in [0.05, 0.1) is 0 Å². The predicted octanol–water partition coefficient (Wildman–Crippen LogP) is 0.821. The Morgan fingerprint density at radius 2 is 2.05 bits per heavy atom. The van der Waals surface area contributed by atoms with Crippen LogP contribution in [0.15, 0.2) is 18.2 Å². The predicted molar refractivity (Wildman–Crippen MR) is 75.2 cm³/mol. The van der Waals surface area contributed by atoms with Gasteiger partial charge in [0.2, 0.25) is 5.91 Å². The van der Waals surface area contributed by atoms with Gasteiger partial charge in [0, 0.05) is 13.1 Å². The molecule has 2 aliphatic rings. The Labute approximate surface area is 118 Å². The van der Waals surface area contributed by atoms with Crippen LogP contribution < -0.4 is 14.8 Å². The molecule has 5 heteroatoms. The molecule has 20 heavy (non-hydrogen) atoms. The summed E-state index contributed by atoms with van der Waals surface area (Å²) in [6.07, 6.45) is 0.659. The van der Waals surface area contributed by atoms with Crippen LogP contribution in [0.3, 0.4) is 0 Å². The topological polar surface area (TPSA) is 50.8 Å². The van der Waals surface area contributed by atoms with Crippen LogP contribution in [0.1, 0.15) is 12.5 Å². The van der Waals surface area contributed by atoms with E-state index in [-0.39, 0.29) is 5.91 Å². The Kier molecular flexibility index (Phi) is 3.30. The summed E-state index contributed by atoms with van der Waals surface area (Å²) < 4.78 is 11.1. The highest BCUT2D eigenvalue weighted by Gasteiger charge is 2.40. The zero-order valence-corrected chi connectivity index (χ0v) is 11.9. The number of nitrogens with zero attached hydrogens (tertiary/aromatic N) is 1. The summed E-state index contributed by atoms with van der Waals surface area (Å²) in [6.45, 7) is 4.74. The SMILES string of the molecule is CN1CCNC(=O)C1(C)Cc1ccc2c(c1)OCCO2. The number of fused-ring (bicyclic) bond motifs is 1. The van der Waals surface area contributed by atoms with Crippen molar-refractivity contribution in [3.63, 3.8) is 0 Å². The van der Waals surface area contributed by atoms with Gasteiger partial charge in [-0.25, -0.2) is 0 Å². The lowest BCUT2D eigenvalue weighted by molar-refractivity contribution is -0.134. The number of piperazine rings is 1. The lowest BCUT2D eigenvalue weighted by Gasteiger charge is -2.41. The van der Waals surface area contributed by atoms with Crippen molar-refractivity contribution < 1.29 is 14.3 Å². The van der Waals surface area contributed by atoms with Crippen molar-refractivity contribution >= 4 is 5.91 Å². The maximum atomic E-state index is 12.2. The van der Waals surface area contributed by atoms with Crippen molar-refractivity contribution in [1.82, 2.24) is 10.2 Å². The van der Waals surface area contributed by atoms with E-state index < -0.39 is 5.54 Å². The number of ether oxygens (including phenoxy) is 2. The number of carbonyl (C=O) groups is 1. The molecule has 1 fully saturated rings. The molecule has 0 radical (unpaired) electrons.